The van der Waals surface area contributed by atoms with Crippen LogP contribution in [0.5, 0.6) is 17.2 Å². The van der Waals surface area contributed by atoms with Gasteiger partial charge in [0.15, 0.2) is 0 Å². The quantitative estimate of drug-likeness (QED) is 0.598. The molecule has 3 aromatic carbocycles. The Morgan fingerprint density at radius 1 is 0.967 bits per heavy atom. The highest BCUT2D eigenvalue weighted by Gasteiger charge is 2.68. The van der Waals surface area contributed by atoms with E-state index in [2.05, 4.69) is 19.1 Å². The van der Waals surface area contributed by atoms with Gasteiger partial charge in [-0.3, -0.25) is 4.79 Å². The van der Waals surface area contributed by atoms with Gasteiger partial charge in [0.05, 0.1) is 13.0 Å². The molecule has 0 heterocycles. The number of methoxy groups -OCH3 is 1. The fourth-order valence-corrected chi connectivity index (χ4v) is 5.26. The summed E-state index contributed by atoms with van der Waals surface area (Å²) in [6, 6.07) is 22.1. The molecule has 3 aromatic rings. The topological polar surface area (TPSA) is 55.8 Å². The van der Waals surface area contributed by atoms with Gasteiger partial charge in [-0.05, 0) is 77.4 Å². The van der Waals surface area contributed by atoms with Crippen molar-refractivity contribution in [3.8, 4) is 28.4 Å². The second-order valence-electron chi connectivity index (χ2n) is 8.32. The maximum Gasteiger partial charge on any atom is 0.307 e. The number of fused-ring (bicyclic) bond motifs is 2. The predicted octanol–water partition coefficient (Wildman–Crippen LogP) is 5.69. The lowest BCUT2D eigenvalue weighted by atomic mass is 9.93. The Balaban J connectivity index is 1.38. The molecule has 2 aliphatic rings. The minimum absolute atomic E-state index is 0.175. The number of benzene rings is 3. The van der Waals surface area contributed by atoms with E-state index in [1.165, 1.54) is 5.56 Å². The Morgan fingerprint density at radius 3 is 2.43 bits per heavy atom. The van der Waals surface area contributed by atoms with Crippen LogP contribution in [0.2, 0.25) is 0 Å². The van der Waals surface area contributed by atoms with Crippen molar-refractivity contribution in [1.29, 1.82) is 0 Å². The van der Waals surface area contributed by atoms with Crippen LogP contribution in [0.3, 0.4) is 0 Å². The van der Waals surface area contributed by atoms with Crippen molar-refractivity contribution in [2.24, 2.45) is 11.8 Å². The number of hydrogen-bond donors (Lipinski definition) is 1. The van der Waals surface area contributed by atoms with Crippen molar-refractivity contribution in [1.82, 2.24) is 0 Å². The van der Waals surface area contributed by atoms with Crippen LogP contribution in [0.25, 0.3) is 11.1 Å². The zero-order valence-corrected chi connectivity index (χ0v) is 17.1. The maximum atomic E-state index is 11.7. The lowest BCUT2D eigenvalue weighted by molar-refractivity contribution is -0.139. The van der Waals surface area contributed by atoms with Crippen LogP contribution in [0.1, 0.15) is 24.5 Å². The molecule has 1 fully saturated rings. The number of carboxylic acid groups (broad SMARTS) is 1. The number of carbonyl (C=O) groups is 1. The predicted molar refractivity (Wildman–Crippen MR) is 115 cm³/mol. The van der Waals surface area contributed by atoms with Gasteiger partial charge in [0.25, 0.3) is 0 Å². The molecule has 0 amide bonds. The highest BCUT2D eigenvalue weighted by Crippen LogP contribution is 2.66. The summed E-state index contributed by atoms with van der Waals surface area (Å²) in [5, 5.41) is 9.59. The van der Waals surface area contributed by atoms with Crippen molar-refractivity contribution in [3.05, 3.63) is 77.9 Å². The van der Waals surface area contributed by atoms with Crippen molar-refractivity contribution < 1.29 is 19.4 Å². The lowest BCUT2D eigenvalue weighted by Crippen LogP contribution is -2.11. The molecule has 0 aromatic heterocycles. The highest BCUT2D eigenvalue weighted by molar-refractivity contribution is 5.79. The molecule has 3 unspecified atom stereocenters. The average molecular weight is 400 g/mol. The molecule has 152 valence electrons. The van der Waals surface area contributed by atoms with Gasteiger partial charge in [-0.25, -0.2) is 0 Å². The van der Waals surface area contributed by atoms with Crippen molar-refractivity contribution in [3.63, 3.8) is 0 Å². The minimum atomic E-state index is -0.685. The molecule has 30 heavy (non-hydrogen) atoms. The monoisotopic (exact) mass is 400 g/mol. The van der Waals surface area contributed by atoms with E-state index in [9.17, 15) is 9.90 Å². The van der Waals surface area contributed by atoms with Crippen LogP contribution >= 0.6 is 0 Å². The SMILES string of the molecule is COc1cccc(-c2ccc(Oc3ccc4c(c3)C3(CC4)C(C)C3C(=O)O)cc2)c1. The standard InChI is InChI=1S/C26H24O4/c1-16-24(25(27)28)26(16)13-12-18-8-11-22(15-23(18)26)30-20-9-6-17(7-10-20)19-4-3-5-21(14-19)29-2/h3-11,14-16,24H,12-13H2,1-2H3,(H,27,28). The van der Waals surface area contributed by atoms with E-state index in [4.69, 9.17) is 9.47 Å². The molecule has 0 saturated heterocycles. The summed E-state index contributed by atoms with van der Waals surface area (Å²) in [7, 11) is 1.66. The third-order valence-electron chi connectivity index (χ3n) is 6.91. The van der Waals surface area contributed by atoms with Gasteiger partial charge in [-0.1, -0.05) is 37.3 Å². The molecular weight excluding hydrogens is 376 g/mol. The molecule has 2 aliphatic carbocycles. The lowest BCUT2D eigenvalue weighted by Gasteiger charge is -2.13. The number of carboxylic acids is 1. The second-order valence-corrected chi connectivity index (χ2v) is 8.32. The van der Waals surface area contributed by atoms with Crippen molar-refractivity contribution in [2.45, 2.75) is 25.2 Å². The van der Waals surface area contributed by atoms with E-state index in [0.29, 0.717) is 0 Å². The molecule has 1 N–H and O–H groups in total. The zero-order chi connectivity index (χ0) is 20.9. The van der Waals surface area contributed by atoms with Gasteiger partial charge < -0.3 is 14.6 Å². The fraction of sp³-hybridized carbons (Fsp3) is 0.269. The van der Waals surface area contributed by atoms with Crippen molar-refractivity contribution >= 4 is 5.97 Å². The van der Waals surface area contributed by atoms with Crippen molar-refractivity contribution in [2.75, 3.05) is 7.11 Å². The summed E-state index contributed by atoms with van der Waals surface area (Å²) < 4.78 is 11.4. The Kier molecular flexibility index (Phi) is 4.31. The number of aliphatic carboxylic acids is 1. The molecule has 0 aliphatic heterocycles. The first-order chi connectivity index (χ1) is 14.5. The molecule has 1 spiro atoms. The van der Waals surface area contributed by atoms with Crippen LogP contribution in [0, 0.1) is 11.8 Å². The van der Waals surface area contributed by atoms with Crippen LogP contribution in [-0.4, -0.2) is 18.2 Å². The summed E-state index contributed by atoms with van der Waals surface area (Å²) in [6.45, 7) is 2.05. The second kappa shape index (κ2) is 6.91. The first-order valence-electron chi connectivity index (χ1n) is 10.3. The number of ether oxygens (including phenoxy) is 2. The summed E-state index contributed by atoms with van der Waals surface area (Å²) >= 11 is 0. The van der Waals surface area contributed by atoms with Gasteiger partial charge in [-0.2, -0.15) is 0 Å². The van der Waals surface area contributed by atoms with E-state index in [1.807, 2.05) is 54.6 Å². The molecule has 0 radical (unpaired) electrons. The van der Waals surface area contributed by atoms with Gasteiger partial charge in [0.1, 0.15) is 17.2 Å². The fourth-order valence-electron chi connectivity index (χ4n) is 5.26. The Bertz CT molecular complexity index is 1120. The Hall–Kier alpha value is -3.27. The molecule has 4 nitrogen and oxygen atoms in total. The summed E-state index contributed by atoms with van der Waals surface area (Å²) in [5.41, 5.74) is 4.38. The number of aryl methyl sites for hydroxylation is 1. The van der Waals surface area contributed by atoms with Crippen LogP contribution in [0.4, 0.5) is 0 Å². The van der Waals surface area contributed by atoms with Gasteiger partial charge in [-0.15, -0.1) is 0 Å². The van der Waals surface area contributed by atoms with E-state index in [1.54, 1.807) is 7.11 Å². The molecule has 4 heteroatoms. The number of hydrogen-bond acceptors (Lipinski definition) is 3. The molecule has 1 saturated carbocycles. The van der Waals surface area contributed by atoms with Crippen LogP contribution in [0.15, 0.2) is 66.7 Å². The first kappa shape index (κ1) is 18.7. The van der Waals surface area contributed by atoms with Gasteiger partial charge in [0.2, 0.25) is 0 Å². The largest absolute Gasteiger partial charge is 0.497 e. The summed E-state index contributed by atoms with van der Waals surface area (Å²) in [4.78, 5) is 11.7. The number of rotatable bonds is 5. The van der Waals surface area contributed by atoms with E-state index >= 15 is 0 Å². The van der Waals surface area contributed by atoms with E-state index in [-0.39, 0.29) is 17.3 Å². The molecule has 5 rings (SSSR count). The zero-order valence-electron chi connectivity index (χ0n) is 17.1. The molecule has 0 bridgehead atoms. The normalized spacial score (nSPS) is 23.8. The third-order valence-corrected chi connectivity index (χ3v) is 6.91. The summed E-state index contributed by atoms with van der Waals surface area (Å²) in [6.07, 6.45) is 1.86. The smallest absolute Gasteiger partial charge is 0.307 e. The molecule has 3 atom stereocenters. The third kappa shape index (κ3) is 2.86. The van der Waals surface area contributed by atoms with Gasteiger partial charge >= 0.3 is 5.97 Å². The Morgan fingerprint density at radius 2 is 1.73 bits per heavy atom. The van der Waals surface area contributed by atoms with Gasteiger partial charge in [0, 0.05) is 5.41 Å². The first-order valence-corrected chi connectivity index (χ1v) is 10.3. The Labute approximate surface area is 176 Å². The van der Waals surface area contributed by atoms with E-state index in [0.717, 1.165) is 46.8 Å². The van der Waals surface area contributed by atoms with Crippen LogP contribution in [-0.2, 0) is 16.6 Å². The molecular formula is C26H24O4. The minimum Gasteiger partial charge on any atom is -0.497 e. The maximum absolute atomic E-state index is 11.7. The highest BCUT2D eigenvalue weighted by atomic mass is 16.5. The summed E-state index contributed by atoms with van der Waals surface area (Å²) in [5.74, 6) is 1.55. The van der Waals surface area contributed by atoms with E-state index < -0.39 is 5.97 Å². The van der Waals surface area contributed by atoms with Crippen LogP contribution < -0.4 is 9.47 Å². The average Bonchev–Trinajstić information content (AvgIpc) is 3.20.